The van der Waals surface area contributed by atoms with Crippen LogP contribution in [0.5, 0.6) is 0 Å². The van der Waals surface area contributed by atoms with Crippen molar-refractivity contribution in [3.05, 3.63) is 65.6 Å². The van der Waals surface area contributed by atoms with Crippen molar-refractivity contribution in [3.63, 3.8) is 0 Å². The maximum absolute atomic E-state index is 13.4. The third kappa shape index (κ3) is 5.56. The Kier molecular flexibility index (Phi) is 6.76. The van der Waals surface area contributed by atoms with Crippen molar-refractivity contribution in [1.29, 1.82) is 0 Å². The van der Waals surface area contributed by atoms with Gasteiger partial charge in [-0.1, -0.05) is 6.07 Å². The Bertz CT molecular complexity index is 1660. The topological polar surface area (TPSA) is 119 Å². The van der Waals surface area contributed by atoms with E-state index in [4.69, 9.17) is 4.74 Å². The van der Waals surface area contributed by atoms with E-state index in [1.165, 1.54) is 22.9 Å². The third-order valence-corrected chi connectivity index (χ3v) is 6.69. The van der Waals surface area contributed by atoms with Crippen LogP contribution in [0.2, 0.25) is 0 Å². The zero-order valence-corrected chi connectivity index (χ0v) is 21.7. The second-order valence-electron chi connectivity index (χ2n) is 9.01. The first-order valence-electron chi connectivity index (χ1n) is 11.8. The van der Waals surface area contributed by atoms with E-state index in [2.05, 4.69) is 20.0 Å². The summed E-state index contributed by atoms with van der Waals surface area (Å²) in [6, 6.07) is 9.57. The number of amides is 1. The zero-order chi connectivity index (χ0) is 27.9. The Morgan fingerprint density at radius 1 is 1.10 bits per heavy atom. The monoisotopic (exact) mass is 560 g/mol. The smallest absolute Gasteiger partial charge is 0.378 e. The van der Waals surface area contributed by atoms with Crippen LogP contribution in [-0.4, -0.2) is 66.6 Å². The fraction of sp³-hybridized carbons (Fsp3) is 0.280. The second kappa shape index (κ2) is 9.93. The van der Waals surface area contributed by atoms with Crippen molar-refractivity contribution in [1.82, 2.24) is 24.5 Å². The number of halogens is 3. The Balaban J connectivity index is 1.68. The lowest BCUT2D eigenvalue weighted by Crippen LogP contribution is -2.36. The van der Waals surface area contributed by atoms with Gasteiger partial charge in [0, 0.05) is 24.8 Å². The molecule has 1 N–H and O–H groups in total. The predicted octanol–water partition coefficient (Wildman–Crippen LogP) is 3.34. The minimum absolute atomic E-state index is 0.0721. The van der Waals surface area contributed by atoms with Crippen LogP contribution in [0.4, 0.5) is 19.0 Å². The van der Waals surface area contributed by atoms with Crippen molar-refractivity contribution in [3.8, 4) is 16.8 Å². The van der Waals surface area contributed by atoms with E-state index in [1.54, 1.807) is 19.2 Å². The molecule has 0 bridgehead atoms. The average molecular weight is 561 g/mol. The summed E-state index contributed by atoms with van der Waals surface area (Å²) in [6.45, 7) is 4.21. The molecule has 204 valence electrons. The molecule has 39 heavy (non-hydrogen) atoms. The van der Waals surface area contributed by atoms with Crippen molar-refractivity contribution >= 4 is 32.8 Å². The summed E-state index contributed by atoms with van der Waals surface area (Å²) in [5.41, 5.74) is 0.513. The van der Waals surface area contributed by atoms with Gasteiger partial charge in [-0.05, 0) is 48.9 Å². The minimum atomic E-state index is -4.58. The number of carbonyl (C=O) groups is 1. The van der Waals surface area contributed by atoms with E-state index in [0.717, 1.165) is 24.2 Å². The number of aromatic nitrogens is 4. The van der Waals surface area contributed by atoms with Crippen LogP contribution in [-0.2, 0) is 20.9 Å². The largest absolute Gasteiger partial charge is 0.416 e. The molecule has 4 heterocycles. The molecule has 1 fully saturated rings. The Morgan fingerprint density at radius 2 is 1.85 bits per heavy atom. The number of carbonyl (C=O) groups excluding carboxylic acids is 1. The first-order chi connectivity index (χ1) is 18.4. The molecule has 0 unspecified atom stereocenters. The van der Waals surface area contributed by atoms with Gasteiger partial charge in [-0.3, -0.25) is 4.79 Å². The number of anilines is 1. The molecular formula is C25H23F3N6O4S. The highest BCUT2D eigenvalue weighted by molar-refractivity contribution is 7.89. The van der Waals surface area contributed by atoms with Crippen LogP contribution in [0.1, 0.15) is 21.7 Å². The summed E-state index contributed by atoms with van der Waals surface area (Å²) < 4.78 is 72.2. The van der Waals surface area contributed by atoms with Gasteiger partial charge >= 0.3 is 6.18 Å². The number of hydrogen-bond donors (Lipinski definition) is 1. The molecule has 0 radical (unpaired) electrons. The van der Waals surface area contributed by atoms with Crippen molar-refractivity contribution in [2.45, 2.75) is 13.1 Å². The fourth-order valence-electron chi connectivity index (χ4n) is 4.37. The number of morpholine rings is 1. The van der Waals surface area contributed by atoms with E-state index >= 15 is 0 Å². The highest BCUT2D eigenvalue weighted by Crippen LogP contribution is 2.34. The Labute approximate surface area is 221 Å². The van der Waals surface area contributed by atoms with E-state index in [0.29, 0.717) is 48.5 Å². The van der Waals surface area contributed by atoms with Gasteiger partial charge < -0.3 is 9.64 Å². The third-order valence-electron chi connectivity index (χ3n) is 6.14. The van der Waals surface area contributed by atoms with Crippen LogP contribution in [0.15, 0.2) is 48.7 Å². The van der Waals surface area contributed by atoms with E-state index in [-0.39, 0.29) is 17.0 Å². The second-order valence-corrected chi connectivity index (χ2v) is 10.8. The number of alkyl halides is 3. The molecule has 1 aliphatic heterocycles. The summed E-state index contributed by atoms with van der Waals surface area (Å²) in [6.07, 6.45) is -2.14. The maximum atomic E-state index is 13.4. The van der Waals surface area contributed by atoms with E-state index < -0.39 is 27.7 Å². The minimum Gasteiger partial charge on any atom is -0.378 e. The van der Waals surface area contributed by atoms with Crippen LogP contribution in [0.3, 0.4) is 0 Å². The van der Waals surface area contributed by atoms with Crippen LogP contribution in [0.25, 0.3) is 27.8 Å². The van der Waals surface area contributed by atoms with Gasteiger partial charge in [-0.25, -0.2) is 27.8 Å². The number of rotatable bonds is 5. The van der Waals surface area contributed by atoms with Gasteiger partial charge in [0.15, 0.2) is 5.65 Å². The number of nitrogens with zero attached hydrogens (tertiary/aromatic N) is 5. The van der Waals surface area contributed by atoms with Gasteiger partial charge in [0.1, 0.15) is 11.5 Å². The number of fused-ring (bicyclic) bond motifs is 1. The summed E-state index contributed by atoms with van der Waals surface area (Å²) >= 11 is 0. The summed E-state index contributed by atoms with van der Waals surface area (Å²) in [5.74, 6) is -0.258. The number of nitrogens with one attached hydrogen (secondary N) is 1. The molecule has 3 aromatic heterocycles. The fourth-order valence-corrected chi connectivity index (χ4v) is 4.81. The van der Waals surface area contributed by atoms with E-state index in [9.17, 15) is 26.4 Å². The zero-order valence-electron chi connectivity index (χ0n) is 20.9. The lowest BCUT2D eigenvalue weighted by molar-refractivity contribution is -0.137. The molecule has 14 heteroatoms. The molecule has 5 rings (SSSR count). The molecule has 10 nitrogen and oxygen atoms in total. The SMILES string of the molecule is Cc1nn(-c2cccc(C(F)(F)F)c2)c2nc(C(=O)NS(C)(=O)=O)cc(-c3ccc(N4CCOCC4)nc3)c12. The van der Waals surface area contributed by atoms with Gasteiger partial charge in [-0.15, -0.1) is 0 Å². The molecule has 1 aliphatic rings. The van der Waals surface area contributed by atoms with Gasteiger partial charge in [0.25, 0.3) is 5.91 Å². The lowest BCUT2D eigenvalue weighted by Gasteiger charge is -2.27. The molecule has 4 aromatic rings. The lowest BCUT2D eigenvalue weighted by atomic mass is 10.0. The highest BCUT2D eigenvalue weighted by Gasteiger charge is 2.31. The Morgan fingerprint density at radius 3 is 2.49 bits per heavy atom. The highest BCUT2D eigenvalue weighted by atomic mass is 32.2. The molecule has 0 spiro atoms. The molecular weight excluding hydrogens is 537 g/mol. The summed E-state index contributed by atoms with van der Waals surface area (Å²) in [7, 11) is -3.91. The molecule has 1 saturated heterocycles. The summed E-state index contributed by atoms with van der Waals surface area (Å²) in [4.78, 5) is 23.8. The predicted molar refractivity (Wildman–Crippen MR) is 137 cm³/mol. The average Bonchev–Trinajstić information content (AvgIpc) is 3.24. The van der Waals surface area contributed by atoms with Crippen LogP contribution < -0.4 is 9.62 Å². The van der Waals surface area contributed by atoms with E-state index in [1.807, 2.05) is 10.8 Å². The molecule has 0 aliphatic carbocycles. The maximum Gasteiger partial charge on any atom is 0.416 e. The van der Waals surface area contributed by atoms with Crippen LogP contribution >= 0.6 is 0 Å². The molecule has 1 aromatic carbocycles. The molecule has 1 amide bonds. The number of sulfonamides is 1. The van der Waals surface area contributed by atoms with Gasteiger partial charge in [0.2, 0.25) is 10.0 Å². The number of hydrogen-bond acceptors (Lipinski definition) is 8. The molecule has 0 atom stereocenters. The Hall–Kier alpha value is -4.04. The van der Waals surface area contributed by atoms with Gasteiger partial charge in [-0.2, -0.15) is 18.3 Å². The normalized spacial score (nSPS) is 14.5. The number of ether oxygens (including phenoxy) is 1. The van der Waals surface area contributed by atoms with Crippen molar-refractivity contribution < 1.29 is 31.1 Å². The van der Waals surface area contributed by atoms with Crippen LogP contribution in [0, 0.1) is 6.92 Å². The first kappa shape index (κ1) is 26.6. The number of benzene rings is 1. The molecule has 0 saturated carbocycles. The standard InChI is InChI=1S/C25H23F3N6O4S/c1-15-22-19(16-6-7-21(29-14-16)33-8-10-38-11-9-33)13-20(24(35)32-39(2,36)37)30-23(22)34(31-15)18-5-3-4-17(12-18)25(26,27)28/h3-7,12-14H,8-11H2,1-2H3,(H,32,35). The number of aryl methyl sites for hydroxylation is 1. The number of pyridine rings is 2. The van der Waals surface area contributed by atoms with Crippen molar-refractivity contribution in [2.24, 2.45) is 0 Å². The quantitative estimate of drug-likeness (QED) is 0.395. The summed E-state index contributed by atoms with van der Waals surface area (Å²) in [5, 5.41) is 4.91. The first-order valence-corrected chi connectivity index (χ1v) is 13.7. The van der Waals surface area contributed by atoms with Crippen molar-refractivity contribution in [2.75, 3.05) is 37.5 Å². The van der Waals surface area contributed by atoms with Gasteiger partial charge in [0.05, 0.1) is 41.8 Å².